The van der Waals surface area contributed by atoms with E-state index < -0.39 is 18.3 Å². The van der Waals surface area contributed by atoms with E-state index in [4.69, 9.17) is 9.84 Å². The Kier molecular flexibility index (Phi) is 3.42. The highest BCUT2D eigenvalue weighted by Gasteiger charge is 2.11. The van der Waals surface area contributed by atoms with Gasteiger partial charge in [-0.25, -0.2) is 4.98 Å². The van der Waals surface area contributed by atoms with E-state index in [2.05, 4.69) is 10.3 Å². The van der Waals surface area contributed by atoms with Gasteiger partial charge in [0.2, 0.25) is 5.91 Å². The van der Waals surface area contributed by atoms with E-state index in [1.165, 1.54) is 11.3 Å². The number of carboxylic acid groups (broad SMARTS) is 1. The molecule has 0 atom stereocenters. The lowest BCUT2D eigenvalue weighted by molar-refractivity contribution is -0.139. The number of carbonyl (C=O) groups excluding carboxylic acids is 1. The fourth-order valence-corrected chi connectivity index (χ4v) is 2.30. The van der Waals surface area contributed by atoms with Gasteiger partial charge in [-0.3, -0.25) is 9.59 Å². The van der Waals surface area contributed by atoms with Crippen molar-refractivity contribution in [1.29, 1.82) is 0 Å². The Hall–Kier alpha value is -2.15. The maximum absolute atomic E-state index is 11.3. The molecule has 0 saturated heterocycles. The average Bonchev–Trinajstić information content (AvgIpc) is 2.68. The molecule has 0 unspecified atom stereocenters. The minimum Gasteiger partial charge on any atom is -0.497 e. The van der Waals surface area contributed by atoms with Crippen LogP contribution in [0.5, 0.6) is 5.75 Å². The van der Waals surface area contributed by atoms with Crippen LogP contribution in [0, 0.1) is 0 Å². The molecule has 0 aliphatic rings. The van der Waals surface area contributed by atoms with Crippen molar-refractivity contribution in [3.8, 4) is 5.75 Å². The smallest absolute Gasteiger partial charge is 0.312 e. The van der Waals surface area contributed by atoms with Gasteiger partial charge in [0, 0.05) is 0 Å². The Morgan fingerprint density at radius 1 is 1.50 bits per heavy atom. The zero-order valence-corrected chi connectivity index (χ0v) is 10.3. The maximum Gasteiger partial charge on any atom is 0.312 e. The summed E-state index contributed by atoms with van der Waals surface area (Å²) in [5, 5.41) is 11.3. The van der Waals surface area contributed by atoms with Gasteiger partial charge in [-0.1, -0.05) is 11.3 Å². The second-order valence-electron chi connectivity index (χ2n) is 3.47. The normalized spacial score (nSPS) is 10.3. The third-order valence-electron chi connectivity index (χ3n) is 2.15. The van der Waals surface area contributed by atoms with Gasteiger partial charge in [0.05, 0.1) is 17.3 Å². The summed E-state index contributed by atoms with van der Waals surface area (Å²) in [5.74, 6) is -1.06. The lowest BCUT2D eigenvalue weighted by Crippen LogP contribution is -2.15. The Morgan fingerprint density at radius 2 is 2.28 bits per heavy atom. The number of carbonyl (C=O) groups is 2. The van der Waals surface area contributed by atoms with Gasteiger partial charge in [-0.05, 0) is 18.2 Å². The SMILES string of the molecule is COc1ccc2nc(NC(=O)CC(=O)O)sc2c1. The van der Waals surface area contributed by atoms with Crippen LogP contribution in [0.15, 0.2) is 18.2 Å². The van der Waals surface area contributed by atoms with E-state index in [0.29, 0.717) is 10.9 Å². The summed E-state index contributed by atoms with van der Waals surface area (Å²) in [6, 6.07) is 5.35. The van der Waals surface area contributed by atoms with E-state index in [9.17, 15) is 9.59 Å². The predicted molar refractivity (Wildman–Crippen MR) is 67.1 cm³/mol. The predicted octanol–water partition coefficient (Wildman–Crippen LogP) is 1.72. The number of rotatable bonds is 4. The fraction of sp³-hybridized carbons (Fsp3) is 0.182. The molecular weight excluding hydrogens is 256 g/mol. The van der Waals surface area contributed by atoms with Gasteiger partial charge in [0.15, 0.2) is 5.13 Å². The van der Waals surface area contributed by atoms with Crippen molar-refractivity contribution in [1.82, 2.24) is 4.98 Å². The van der Waals surface area contributed by atoms with Crippen LogP contribution >= 0.6 is 11.3 Å². The first-order chi connectivity index (χ1) is 8.58. The number of fused-ring (bicyclic) bond motifs is 1. The molecule has 0 radical (unpaired) electrons. The highest BCUT2D eigenvalue weighted by molar-refractivity contribution is 7.22. The summed E-state index contributed by atoms with van der Waals surface area (Å²) in [6.07, 6.45) is -0.570. The molecule has 1 amide bonds. The molecule has 0 aliphatic heterocycles. The number of amides is 1. The number of nitrogens with one attached hydrogen (secondary N) is 1. The molecular formula is C11H10N2O4S. The number of benzene rings is 1. The first-order valence-electron chi connectivity index (χ1n) is 5.04. The quantitative estimate of drug-likeness (QED) is 0.822. The number of nitrogens with zero attached hydrogens (tertiary/aromatic N) is 1. The van der Waals surface area contributed by atoms with Crippen molar-refractivity contribution in [3.63, 3.8) is 0 Å². The number of hydrogen-bond donors (Lipinski definition) is 2. The molecule has 1 aromatic carbocycles. The van der Waals surface area contributed by atoms with E-state index in [-0.39, 0.29) is 0 Å². The summed E-state index contributed by atoms with van der Waals surface area (Å²) >= 11 is 1.27. The molecule has 18 heavy (non-hydrogen) atoms. The lowest BCUT2D eigenvalue weighted by Gasteiger charge is -1.96. The third kappa shape index (κ3) is 2.75. The van der Waals surface area contributed by atoms with Crippen LogP contribution < -0.4 is 10.1 Å². The van der Waals surface area contributed by atoms with Crippen molar-refractivity contribution in [2.45, 2.75) is 6.42 Å². The van der Waals surface area contributed by atoms with Gasteiger partial charge >= 0.3 is 5.97 Å². The van der Waals surface area contributed by atoms with Crippen molar-refractivity contribution in [2.24, 2.45) is 0 Å². The molecule has 1 aromatic heterocycles. The molecule has 0 fully saturated rings. The molecule has 7 heteroatoms. The monoisotopic (exact) mass is 266 g/mol. The van der Waals surface area contributed by atoms with Crippen LogP contribution in [0.1, 0.15) is 6.42 Å². The van der Waals surface area contributed by atoms with Crippen molar-refractivity contribution in [3.05, 3.63) is 18.2 Å². The Bertz CT molecular complexity index is 608. The Morgan fingerprint density at radius 3 is 2.94 bits per heavy atom. The van der Waals surface area contributed by atoms with Crippen LogP contribution in [0.2, 0.25) is 0 Å². The molecule has 0 bridgehead atoms. The largest absolute Gasteiger partial charge is 0.497 e. The number of aromatic nitrogens is 1. The molecule has 2 aromatic rings. The zero-order valence-electron chi connectivity index (χ0n) is 9.47. The second-order valence-corrected chi connectivity index (χ2v) is 4.50. The number of ether oxygens (including phenoxy) is 1. The number of anilines is 1. The van der Waals surface area contributed by atoms with Gasteiger partial charge in [-0.15, -0.1) is 0 Å². The zero-order chi connectivity index (χ0) is 13.1. The van der Waals surface area contributed by atoms with Crippen LogP contribution in [0.25, 0.3) is 10.2 Å². The Labute approximate surface area is 106 Å². The number of thiazole rings is 1. The molecule has 94 valence electrons. The first kappa shape index (κ1) is 12.3. The summed E-state index contributed by atoms with van der Waals surface area (Å²) in [6.45, 7) is 0. The lowest BCUT2D eigenvalue weighted by atomic mass is 10.3. The molecule has 2 N–H and O–H groups in total. The average molecular weight is 266 g/mol. The summed E-state index contributed by atoms with van der Waals surface area (Å²) < 4.78 is 5.94. The standard InChI is InChI=1S/C11H10N2O4S/c1-17-6-2-3-7-8(4-6)18-11(12-7)13-9(14)5-10(15)16/h2-4H,5H2,1H3,(H,15,16)(H,12,13,14). The number of carboxylic acids is 1. The van der Waals surface area contributed by atoms with E-state index in [1.807, 2.05) is 0 Å². The summed E-state index contributed by atoms with van der Waals surface area (Å²) in [4.78, 5) is 25.8. The third-order valence-corrected chi connectivity index (χ3v) is 3.09. The second kappa shape index (κ2) is 5.01. The Balaban J connectivity index is 2.19. The van der Waals surface area contributed by atoms with Crippen LogP contribution in [0.3, 0.4) is 0 Å². The fourth-order valence-electron chi connectivity index (χ4n) is 1.39. The van der Waals surface area contributed by atoms with Crippen LogP contribution in [0.4, 0.5) is 5.13 Å². The van der Waals surface area contributed by atoms with Gasteiger partial charge in [-0.2, -0.15) is 0 Å². The minimum atomic E-state index is -1.17. The molecule has 6 nitrogen and oxygen atoms in total. The van der Waals surface area contributed by atoms with Gasteiger partial charge < -0.3 is 15.2 Å². The van der Waals surface area contributed by atoms with E-state index >= 15 is 0 Å². The molecule has 0 aliphatic carbocycles. The van der Waals surface area contributed by atoms with Crippen molar-refractivity contribution in [2.75, 3.05) is 12.4 Å². The first-order valence-corrected chi connectivity index (χ1v) is 5.86. The number of hydrogen-bond acceptors (Lipinski definition) is 5. The highest BCUT2D eigenvalue weighted by atomic mass is 32.1. The summed E-state index contributed by atoms with van der Waals surface area (Å²) in [7, 11) is 1.57. The molecule has 1 heterocycles. The molecule has 0 spiro atoms. The molecule has 2 rings (SSSR count). The molecule has 0 saturated carbocycles. The van der Waals surface area contributed by atoms with Crippen LogP contribution in [-0.2, 0) is 9.59 Å². The topological polar surface area (TPSA) is 88.5 Å². The number of methoxy groups -OCH3 is 1. The summed E-state index contributed by atoms with van der Waals surface area (Å²) in [5.41, 5.74) is 0.728. The maximum atomic E-state index is 11.3. The van der Waals surface area contributed by atoms with Gasteiger partial charge in [0.25, 0.3) is 0 Å². The highest BCUT2D eigenvalue weighted by Crippen LogP contribution is 2.29. The van der Waals surface area contributed by atoms with Gasteiger partial charge in [0.1, 0.15) is 12.2 Å². The van der Waals surface area contributed by atoms with E-state index in [0.717, 1.165) is 10.2 Å². The van der Waals surface area contributed by atoms with Crippen molar-refractivity contribution < 1.29 is 19.4 Å². The van der Waals surface area contributed by atoms with Crippen molar-refractivity contribution >= 4 is 38.6 Å². The number of aliphatic carboxylic acids is 1. The van der Waals surface area contributed by atoms with E-state index in [1.54, 1.807) is 25.3 Å². The minimum absolute atomic E-state index is 0.379. The van der Waals surface area contributed by atoms with Crippen LogP contribution in [-0.4, -0.2) is 29.1 Å².